The van der Waals surface area contributed by atoms with Crippen LogP contribution in [0.1, 0.15) is 42.6 Å². The minimum Gasteiger partial charge on any atom is -0.460 e. The fraction of sp³-hybridized carbons (Fsp3) is 0.727. The molecule has 1 aliphatic heterocycles. The van der Waals surface area contributed by atoms with E-state index in [4.69, 9.17) is 9.47 Å². The van der Waals surface area contributed by atoms with Crippen LogP contribution in [-0.2, 0) is 16.5 Å². The predicted octanol–water partition coefficient (Wildman–Crippen LogP) is 0.884. The summed E-state index contributed by atoms with van der Waals surface area (Å²) in [6.45, 7) is 4.75. The summed E-state index contributed by atoms with van der Waals surface area (Å²) >= 11 is 0. The molecule has 1 aliphatic rings. The molecule has 1 saturated heterocycles. The van der Waals surface area contributed by atoms with E-state index in [0.717, 1.165) is 12.2 Å². The second-order valence-corrected chi connectivity index (χ2v) is 4.21. The van der Waals surface area contributed by atoms with Crippen LogP contribution in [0.2, 0.25) is 0 Å². The molecule has 0 aromatic carbocycles. The lowest BCUT2D eigenvalue weighted by atomic mass is 10.1. The van der Waals surface area contributed by atoms with E-state index >= 15 is 0 Å². The average Bonchev–Trinajstić information content (AvgIpc) is 2.85. The molecule has 0 radical (unpaired) electrons. The second-order valence-electron chi connectivity index (χ2n) is 4.21. The maximum atomic E-state index is 11.5. The molecule has 0 N–H and O–H groups in total. The quantitative estimate of drug-likeness (QED) is 0.733. The lowest BCUT2D eigenvalue weighted by Crippen LogP contribution is -2.07. The molecule has 2 rings (SSSR count). The number of carbonyl (C=O) groups excluding carboxylic acids is 1. The molecule has 17 heavy (non-hydrogen) atoms. The third-order valence-corrected chi connectivity index (χ3v) is 2.82. The Labute approximate surface area is 99.9 Å². The topological polar surface area (TPSA) is 66.2 Å². The zero-order valence-electron chi connectivity index (χ0n) is 10.3. The van der Waals surface area contributed by atoms with E-state index in [9.17, 15) is 4.79 Å². The molecule has 6 heteroatoms. The molecular formula is C11H17N3O3. The maximum absolute atomic E-state index is 11.5. The van der Waals surface area contributed by atoms with E-state index in [2.05, 4.69) is 10.1 Å². The lowest BCUT2D eigenvalue weighted by molar-refractivity contribution is 0.0511. The van der Waals surface area contributed by atoms with Crippen LogP contribution in [0.25, 0.3) is 0 Å². The number of aryl methyl sites for hydroxylation is 1. The van der Waals surface area contributed by atoms with Gasteiger partial charge in [0.25, 0.3) is 5.82 Å². The van der Waals surface area contributed by atoms with Crippen LogP contribution in [-0.4, -0.2) is 40.1 Å². The molecule has 6 nitrogen and oxygen atoms in total. The van der Waals surface area contributed by atoms with Crippen LogP contribution in [0.15, 0.2) is 0 Å². The highest BCUT2D eigenvalue weighted by atomic mass is 16.5. The Morgan fingerprint density at radius 2 is 2.41 bits per heavy atom. The van der Waals surface area contributed by atoms with Crippen LogP contribution >= 0.6 is 0 Å². The highest BCUT2D eigenvalue weighted by Gasteiger charge is 2.29. The molecule has 0 saturated carbocycles. The number of rotatable bonds is 3. The summed E-state index contributed by atoms with van der Waals surface area (Å²) in [7, 11) is 1.79. The first-order valence-electron chi connectivity index (χ1n) is 5.81. The molecule has 2 atom stereocenters. The van der Waals surface area contributed by atoms with Crippen molar-refractivity contribution in [2.75, 3.05) is 13.2 Å². The normalized spacial score (nSPS) is 23.9. The van der Waals surface area contributed by atoms with Gasteiger partial charge >= 0.3 is 5.97 Å². The van der Waals surface area contributed by atoms with Crippen molar-refractivity contribution in [3.8, 4) is 0 Å². The molecular weight excluding hydrogens is 222 g/mol. The van der Waals surface area contributed by atoms with Crippen LogP contribution in [0.4, 0.5) is 0 Å². The zero-order valence-corrected chi connectivity index (χ0v) is 10.3. The molecule has 1 fully saturated rings. The van der Waals surface area contributed by atoms with Crippen molar-refractivity contribution in [3.05, 3.63) is 11.6 Å². The fourth-order valence-corrected chi connectivity index (χ4v) is 2.03. The van der Waals surface area contributed by atoms with Crippen molar-refractivity contribution in [1.29, 1.82) is 0 Å². The van der Waals surface area contributed by atoms with E-state index in [1.807, 2.05) is 6.92 Å². The Morgan fingerprint density at radius 3 is 3.00 bits per heavy atom. The van der Waals surface area contributed by atoms with Crippen molar-refractivity contribution < 1.29 is 14.3 Å². The van der Waals surface area contributed by atoms with Gasteiger partial charge in [0, 0.05) is 13.0 Å². The van der Waals surface area contributed by atoms with Gasteiger partial charge in [0.1, 0.15) is 5.82 Å². The summed E-state index contributed by atoms with van der Waals surface area (Å²) in [5.74, 6) is 0.660. The first kappa shape index (κ1) is 12.0. The van der Waals surface area contributed by atoms with E-state index in [1.165, 1.54) is 0 Å². The monoisotopic (exact) mass is 239 g/mol. The predicted molar refractivity (Wildman–Crippen MR) is 59.7 cm³/mol. The molecule has 1 aromatic heterocycles. The van der Waals surface area contributed by atoms with Gasteiger partial charge in [0.05, 0.1) is 19.3 Å². The Hall–Kier alpha value is -1.43. The molecule has 2 unspecified atom stereocenters. The summed E-state index contributed by atoms with van der Waals surface area (Å²) < 4.78 is 12.0. The summed E-state index contributed by atoms with van der Waals surface area (Å²) in [6.07, 6.45) is 1.15. The number of aromatic nitrogens is 3. The largest absolute Gasteiger partial charge is 0.460 e. The van der Waals surface area contributed by atoms with Gasteiger partial charge in [-0.3, -0.25) is 4.68 Å². The van der Waals surface area contributed by atoms with Crippen LogP contribution in [0, 0.1) is 0 Å². The zero-order chi connectivity index (χ0) is 12.4. The third kappa shape index (κ3) is 2.46. The smallest absolute Gasteiger partial charge is 0.378 e. The first-order valence-corrected chi connectivity index (χ1v) is 5.81. The Morgan fingerprint density at radius 1 is 1.65 bits per heavy atom. The highest BCUT2D eigenvalue weighted by molar-refractivity contribution is 5.85. The second kappa shape index (κ2) is 4.83. The number of esters is 1. The summed E-state index contributed by atoms with van der Waals surface area (Å²) in [5.41, 5.74) is 0. The minimum atomic E-state index is -0.471. The van der Waals surface area contributed by atoms with Gasteiger partial charge in [-0.25, -0.2) is 9.78 Å². The lowest BCUT2D eigenvalue weighted by Gasteiger charge is -2.04. The molecule has 1 aromatic rings. The molecule has 0 spiro atoms. The van der Waals surface area contributed by atoms with Crippen molar-refractivity contribution in [1.82, 2.24) is 14.8 Å². The number of ether oxygens (including phenoxy) is 2. The molecule has 2 heterocycles. The van der Waals surface area contributed by atoms with Crippen LogP contribution in [0.3, 0.4) is 0 Å². The molecule has 0 amide bonds. The highest BCUT2D eigenvalue weighted by Crippen LogP contribution is 2.27. The van der Waals surface area contributed by atoms with E-state index in [1.54, 1.807) is 18.7 Å². The van der Waals surface area contributed by atoms with Crippen molar-refractivity contribution >= 4 is 5.97 Å². The Balaban J connectivity index is 2.16. The Kier molecular flexibility index (Phi) is 3.42. The first-order chi connectivity index (χ1) is 8.11. The molecule has 0 bridgehead atoms. The van der Waals surface area contributed by atoms with Gasteiger partial charge in [-0.05, 0) is 20.3 Å². The van der Waals surface area contributed by atoms with Crippen LogP contribution in [0.5, 0.6) is 0 Å². The van der Waals surface area contributed by atoms with Gasteiger partial charge in [0.2, 0.25) is 0 Å². The number of hydrogen-bond acceptors (Lipinski definition) is 5. The van der Waals surface area contributed by atoms with E-state index in [-0.39, 0.29) is 17.8 Å². The number of nitrogens with zero attached hydrogens (tertiary/aromatic N) is 3. The summed E-state index contributed by atoms with van der Waals surface area (Å²) in [6, 6.07) is 0. The fourth-order valence-electron chi connectivity index (χ4n) is 2.03. The SMILES string of the molecule is CCOC(=O)c1nc(C2COC(C)C2)n(C)n1. The molecule has 94 valence electrons. The Bertz CT molecular complexity index is 416. The van der Waals surface area contributed by atoms with Crippen molar-refractivity contribution in [2.45, 2.75) is 32.3 Å². The maximum Gasteiger partial charge on any atom is 0.378 e. The van der Waals surface area contributed by atoms with Gasteiger partial charge in [-0.1, -0.05) is 0 Å². The molecule has 0 aliphatic carbocycles. The van der Waals surface area contributed by atoms with Gasteiger partial charge in [0.15, 0.2) is 0 Å². The number of carbonyl (C=O) groups is 1. The van der Waals surface area contributed by atoms with Gasteiger partial charge in [-0.15, -0.1) is 5.10 Å². The van der Waals surface area contributed by atoms with E-state index in [0.29, 0.717) is 13.2 Å². The van der Waals surface area contributed by atoms with E-state index < -0.39 is 5.97 Å². The summed E-state index contributed by atoms with van der Waals surface area (Å²) in [4.78, 5) is 15.7. The van der Waals surface area contributed by atoms with Gasteiger partial charge in [-0.2, -0.15) is 0 Å². The third-order valence-electron chi connectivity index (χ3n) is 2.82. The number of hydrogen-bond donors (Lipinski definition) is 0. The van der Waals surface area contributed by atoms with Crippen molar-refractivity contribution in [3.63, 3.8) is 0 Å². The standard InChI is InChI=1S/C11H17N3O3/c1-4-16-11(15)9-12-10(14(3)13-9)8-5-7(2)17-6-8/h7-8H,4-6H2,1-3H3. The van der Waals surface area contributed by atoms with Crippen molar-refractivity contribution in [2.24, 2.45) is 7.05 Å². The summed E-state index contributed by atoms with van der Waals surface area (Å²) in [5, 5.41) is 4.07. The van der Waals surface area contributed by atoms with Gasteiger partial charge < -0.3 is 9.47 Å². The minimum absolute atomic E-state index is 0.129. The van der Waals surface area contributed by atoms with Crippen LogP contribution < -0.4 is 0 Å². The average molecular weight is 239 g/mol.